The van der Waals surface area contributed by atoms with Crippen LogP contribution in [0.15, 0.2) is 36.5 Å². The number of benzene rings is 1. The standard InChI is InChI=1S/C17H19NO2/c1-11(2)14-6-5-12(3)16(9-14)20-17-8-7-15(10-18-17)13(4)19/h5-11H,1-4H3. The average Bonchev–Trinajstić information content (AvgIpc) is 2.41. The van der Waals surface area contributed by atoms with Gasteiger partial charge >= 0.3 is 0 Å². The Kier molecular flexibility index (Phi) is 4.18. The average molecular weight is 269 g/mol. The van der Waals surface area contributed by atoms with Gasteiger partial charge in [-0.05, 0) is 43.0 Å². The van der Waals surface area contributed by atoms with Gasteiger partial charge in [0.05, 0.1) is 0 Å². The number of carbonyl (C=O) groups excluding carboxylic acids is 1. The Bertz CT molecular complexity index is 615. The number of ketones is 1. The van der Waals surface area contributed by atoms with Crippen molar-refractivity contribution < 1.29 is 9.53 Å². The molecule has 3 nitrogen and oxygen atoms in total. The summed E-state index contributed by atoms with van der Waals surface area (Å²) in [6.45, 7) is 7.82. The van der Waals surface area contributed by atoms with E-state index < -0.39 is 0 Å². The maximum Gasteiger partial charge on any atom is 0.219 e. The lowest BCUT2D eigenvalue weighted by atomic mass is 10.0. The van der Waals surface area contributed by atoms with Crippen LogP contribution < -0.4 is 4.74 Å². The summed E-state index contributed by atoms with van der Waals surface area (Å²) in [6.07, 6.45) is 1.54. The molecule has 1 aromatic heterocycles. The van der Waals surface area contributed by atoms with E-state index in [0.29, 0.717) is 17.4 Å². The lowest BCUT2D eigenvalue weighted by Crippen LogP contribution is -1.96. The van der Waals surface area contributed by atoms with Crippen molar-refractivity contribution in [2.75, 3.05) is 0 Å². The molecule has 0 spiro atoms. The van der Waals surface area contributed by atoms with Crippen LogP contribution in [0.2, 0.25) is 0 Å². The number of carbonyl (C=O) groups is 1. The molecule has 0 aliphatic heterocycles. The highest BCUT2D eigenvalue weighted by molar-refractivity contribution is 5.93. The molecule has 1 heterocycles. The Morgan fingerprint density at radius 3 is 2.50 bits per heavy atom. The van der Waals surface area contributed by atoms with Crippen LogP contribution in [0.4, 0.5) is 0 Å². The fourth-order valence-electron chi connectivity index (χ4n) is 1.85. The van der Waals surface area contributed by atoms with Gasteiger partial charge in [0.2, 0.25) is 5.88 Å². The van der Waals surface area contributed by atoms with Gasteiger partial charge in [0.15, 0.2) is 5.78 Å². The van der Waals surface area contributed by atoms with Crippen LogP contribution in [0.5, 0.6) is 11.6 Å². The van der Waals surface area contributed by atoms with Gasteiger partial charge in [-0.15, -0.1) is 0 Å². The second kappa shape index (κ2) is 5.87. The van der Waals surface area contributed by atoms with Crippen molar-refractivity contribution >= 4 is 5.78 Å². The van der Waals surface area contributed by atoms with Gasteiger partial charge in [-0.25, -0.2) is 4.98 Å². The van der Waals surface area contributed by atoms with E-state index in [2.05, 4.69) is 31.0 Å². The fourth-order valence-corrected chi connectivity index (χ4v) is 1.85. The van der Waals surface area contributed by atoms with E-state index in [0.717, 1.165) is 11.3 Å². The molecule has 2 aromatic rings. The van der Waals surface area contributed by atoms with Gasteiger partial charge in [0.25, 0.3) is 0 Å². The molecule has 20 heavy (non-hydrogen) atoms. The van der Waals surface area contributed by atoms with Crippen molar-refractivity contribution in [2.24, 2.45) is 0 Å². The summed E-state index contributed by atoms with van der Waals surface area (Å²) < 4.78 is 5.81. The molecule has 0 bridgehead atoms. The Morgan fingerprint density at radius 2 is 1.95 bits per heavy atom. The highest BCUT2D eigenvalue weighted by Gasteiger charge is 2.07. The van der Waals surface area contributed by atoms with Crippen LogP contribution >= 0.6 is 0 Å². The number of ether oxygens (including phenoxy) is 1. The minimum absolute atomic E-state index is 0.00188. The smallest absolute Gasteiger partial charge is 0.219 e. The SMILES string of the molecule is CC(=O)c1ccc(Oc2cc(C(C)C)ccc2C)nc1. The molecule has 0 radical (unpaired) electrons. The molecule has 0 aliphatic carbocycles. The Morgan fingerprint density at radius 1 is 1.20 bits per heavy atom. The zero-order chi connectivity index (χ0) is 14.7. The monoisotopic (exact) mass is 269 g/mol. The zero-order valence-electron chi connectivity index (χ0n) is 12.3. The second-order valence-electron chi connectivity index (χ2n) is 5.22. The number of hydrogen-bond acceptors (Lipinski definition) is 3. The molecule has 0 unspecified atom stereocenters. The molecular weight excluding hydrogens is 250 g/mol. The minimum Gasteiger partial charge on any atom is -0.439 e. The summed E-state index contributed by atoms with van der Waals surface area (Å²) in [6, 6.07) is 9.65. The van der Waals surface area contributed by atoms with Gasteiger partial charge in [-0.2, -0.15) is 0 Å². The number of pyridine rings is 1. The maximum absolute atomic E-state index is 11.2. The maximum atomic E-state index is 11.2. The van der Waals surface area contributed by atoms with E-state index in [1.807, 2.05) is 13.0 Å². The summed E-state index contributed by atoms with van der Waals surface area (Å²) >= 11 is 0. The molecule has 104 valence electrons. The number of aryl methyl sites for hydroxylation is 1. The van der Waals surface area contributed by atoms with Crippen LogP contribution in [0.1, 0.15) is 48.2 Å². The lowest BCUT2D eigenvalue weighted by molar-refractivity contribution is 0.101. The van der Waals surface area contributed by atoms with Crippen molar-refractivity contribution in [1.29, 1.82) is 0 Å². The third-order valence-corrected chi connectivity index (χ3v) is 3.24. The van der Waals surface area contributed by atoms with Gasteiger partial charge in [-0.3, -0.25) is 4.79 Å². The van der Waals surface area contributed by atoms with Crippen LogP contribution in [0.25, 0.3) is 0 Å². The van der Waals surface area contributed by atoms with Crippen molar-refractivity contribution in [3.05, 3.63) is 53.2 Å². The second-order valence-corrected chi connectivity index (χ2v) is 5.22. The van der Waals surface area contributed by atoms with Crippen LogP contribution in [-0.4, -0.2) is 10.8 Å². The van der Waals surface area contributed by atoms with Crippen molar-refractivity contribution in [1.82, 2.24) is 4.98 Å². The predicted octanol–water partition coefficient (Wildman–Crippen LogP) is 4.51. The third-order valence-electron chi connectivity index (χ3n) is 3.24. The molecule has 0 fully saturated rings. The van der Waals surface area contributed by atoms with E-state index >= 15 is 0 Å². The number of nitrogens with zero attached hydrogens (tertiary/aromatic N) is 1. The number of aromatic nitrogens is 1. The molecular formula is C17H19NO2. The zero-order valence-corrected chi connectivity index (χ0v) is 12.3. The predicted molar refractivity (Wildman–Crippen MR) is 79.6 cm³/mol. The van der Waals surface area contributed by atoms with E-state index in [4.69, 9.17) is 4.74 Å². The van der Waals surface area contributed by atoms with Crippen LogP contribution in [-0.2, 0) is 0 Å². The third kappa shape index (κ3) is 3.23. The minimum atomic E-state index is 0.00188. The molecule has 0 aliphatic rings. The number of Topliss-reactive ketones (excluding diaryl/α,β-unsaturated/α-hetero) is 1. The van der Waals surface area contributed by atoms with Crippen molar-refractivity contribution in [3.8, 4) is 11.6 Å². The fraction of sp³-hybridized carbons (Fsp3) is 0.294. The number of hydrogen-bond donors (Lipinski definition) is 0. The Hall–Kier alpha value is -2.16. The summed E-state index contributed by atoms with van der Waals surface area (Å²) in [5.41, 5.74) is 2.88. The normalized spacial score (nSPS) is 10.7. The topological polar surface area (TPSA) is 39.2 Å². The summed E-state index contributed by atoms with van der Waals surface area (Å²) in [5, 5.41) is 0. The summed E-state index contributed by atoms with van der Waals surface area (Å²) in [4.78, 5) is 15.4. The molecule has 2 rings (SSSR count). The van der Waals surface area contributed by atoms with E-state index in [9.17, 15) is 4.79 Å². The summed E-state index contributed by atoms with van der Waals surface area (Å²) in [7, 11) is 0. The molecule has 3 heteroatoms. The first-order valence-corrected chi connectivity index (χ1v) is 6.72. The molecule has 1 aromatic carbocycles. The lowest BCUT2D eigenvalue weighted by Gasteiger charge is -2.12. The van der Waals surface area contributed by atoms with E-state index in [1.165, 1.54) is 12.5 Å². The highest BCUT2D eigenvalue weighted by atomic mass is 16.5. The molecule has 0 saturated carbocycles. The van der Waals surface area contributed by atoms with E-state index in [-0.39, 0.29) is 5.78 Å². The quantitative estimate of drug-likeness (QED) is 0.767. The van der Waals surface area contributed by atoms with Crippen LogP contribution in [0.3, 0.4) is 0 Å². The first-order chi connectivity index (χ1) is 9.47. The number of rotatable bonds is 4. The van der Waals surface area contributed by atoms with Crippen molar-refractivity contribution in [3.63, 3.8) is 0 Å². The van der Waals surface area contributed by atoms with Gasteiger partial charge in [0, 0.05) is 17.8 Å². The Balaban J connectivity index is 2.25. The van der Waals surface area contributed by atoms with Crippen LogP contribution in [0, 0.1) is 6.92 Å². The molecule has 0 saturated heterocycles. The molecule has 0 amide bonds. The Labute approximate surface area is 119 Å². The van der Waals surface area contributed by atoms with E-state index in [1.54, 1.807) is 18.3 Å². The van der Waals surface area contributed by atoms with Gasteiger partial charge in [0.1, 0.15) is 5.75 Å². The summed E-state index contributed by atoms with van der Waals surface area (Å²) in [5.74, 6) is 1.76. The van der Waals surface area contributed by atoms with Gasteiger partial charge < -0.3 is 4.74 Å². The van der Waals surface area contributed by atoms with Crippen molar-refractivity contribution in [2.45, 2.75) is 33.6 Å². The molecule has 0 atom stereocenters. The first kappa shape index (κ1) is 14.3. The highest BCUT2D eigenvalue weighted by Crippen LogP contribution is 2.27. The largest absolute Gasteiger partial charge is 0.439 e. The molecule has 0 N–H and O–H groups in total. The van der Waals surface area contributed by atoms with Gasteiger partial charge in [-0.1, -0.05) is 26.0 Å². The first-order valence-electron chi connectivity index (χ1n) is 6.72.